The van der Waals surface area contributed by atoms with E-state index in [1.807, 2.05) is 0 Å². The maximum Gasteiger partial charge on any atom is 0.0897 e. The summed E-state index contributed by atoms with van der Waals surface area (Å²) in [6.07, 6.45) is 8.33. The lowest BCUT2D eigenvalue weighted by atomic mass is 9.94. The SMILES string of the molecule is CCCCCC(CCC)CCF. The van der Waals surface area contributed by atoms with Gasteiger partial charge in [-0.15, -0.1) is 0 Å². The maximum absolute atomic E-state index is 12.1. The van der Waals surface area contributed by atoms with Crippen LogP contribution >= 0.6 is 0 Å². The van der Waals surface area contributed by atoms with Gasteiger partial charge in [0.1, 0.15) is 0 Å². The number of rotatable bonds is 8. The molecule has 0 nitrogen and oxygen atoms in total. The third-order valence-electron chi connectivity index (χ3n) is 2.43. The van der Waals surface area contributed by atoms with E-state index in [1.165, 1.54) is 38.5 Å². The fraction of sp³-hybridized carbons (Fsp3) is 1.00. The number of hydrogen-bond donors (Lipinski definition) is 0. The molecule has 0 saturated carbocycles. The molecule has 0 bridgehead atoms. The Balaban J connectivity index is 3.34. The number of alkyl halides is 1. The Bertz CT molecular complexity index is 75.1. The molecule has 0 fully saturated rings. The first-order valence-corrected chi connectivity index (χ1v) is 5.41. The van der Waals surface area contributed by atoms with E-state index in [2.05, 4.69) is 13.8 Å². The van der Waals surface area contributed by atoms with E-state index in [0.29, 0.717) is 5.92 Å². The van der Waals surface area contributed by atoms with Gasteiger partial charge >= 0.3 is 0 Å². The predicted octanol–water partition coefficient (Wildman–Crippen LogP) is 4.34. The van der Waals surface area contributed by atoms with Crippen molar-refractivity contribution in [3.63, 3.8) is 0 Å². The lowest BCUT2D eigenvalue weighted by Crippen LogP contribution is -2.01. The molecule has 0 heterocycles. The van der Waals surface area contributed by atoms with E-state index < -0.39 is 0 Å². The molecular formula is C11H23F. The molecule has 0 aliphatic rings. The second kappa shape index (κ2) is 9.02. The molecule has 0 aliphatic heterocycles. The van der Waals surface area contributed by atoms with Crippen molar-refractivity contribution < 1.29 is 4.39 Å². The first kappa shape index (κ1) is 11.9. The molecule has 74 valence electrons. The van der Waals surface area contributed by atoms with Gasteiger partial charge in [-0.1, -0.05) is 52.4 Å². The minimum atomic E-state index is -0.128. The normalized spacial score (nSPS) is 13.2. The van der Waals surface area contributed by atoms with E-state index >= 15 is 0 Å². The lowest BCUT2D eigenvalue weighted by molar-refractivity contribution is 0.342. The summed E-state index contributed by atoms with van der Waals surface area (Å²) < 4.78 is 12.1. The van der Waals surface area contributed by atoms with Crippen LogP contribution in [0, 0.1) is 5.92 Å². The highest BCUT2D eigenvalue weighted by atomic mass is 19.1. The van der Waals surface area contributed by atoms with Crippen molar-refractivity contribution >= 4 is 0 Å². The van der Waals surface area contributed by atoms with Gasteiger partial charge in [0.15, 0.2) is 0 Å². The van der Waals surface area contributed by atoms with Crippen molar-refractivity contribution in [1.82, 2.24) is 0 Å². The summed E-state index contributed by atoms with van der Waals surface area (Å²) in [7, 11) is 0. The van der Waals surface area contributed by atoms with Crippen LogP contribution in [-0.4, -0.2) is 6.67 Å². The maximum atomic E-state index is 12.1. The molecule has 0 radical (unpaired) electrons. The minimum absolute atomic E-state index is 0.128. The van der Waals surface area contributed by atoms with Gasteiger partial charge in [0.05, 0.1) is 6.67 Å². The summed E-state index contributed by atoms with van der Waals surface area (Å²) in [6, 6.07) is 0. The molecule has 0 spiro atoms. The van der Waals surface area contributed by atoms with Gasteiger partial charge in [-0.3, -0.25) is 4.39 Å². The zero-order valence-corrected chi connectivity index (χ0v) is 8.61. The molecule has 1 atom stereocenters. The third kappa shape index (κ3) is 6.63. The molecule has 12 heavy (non-hydrogen) atoms. The summed E-state index contributed by atoms with van der Waals surface area (Å²) >= 11 is 0. The molecule has 1 unspecified atom stereocenters. The predicted molar refractivity (Wildman–Crippen MR) is 53.1 cm³/mol. The average molecular weight is 174 g/mol. The van der Waals surface area contributed by atoms with Gasteiger partial charge in [-0.25, -0.2) is 0 Å². The van der Waals surface area contributed by atoms with Crippen LogP contribution in [-0.2, 0) is 0 Å². The van der Waals surface area contributed by atoms with E-state index in [1.54, 1.807) is 0 Å². The van der Waals surface area contributed by atoms with Crippen LogP contribution in [0.2, 0.25) is 0 Å². The molecule has 0 rings (SSSR count). The van der Waals surface area contributed by atoms with Crippen LogP contribution in [0.25, 0.3) is 0 Å². The number of unbranched alkanes of at least 4 members (excludes halogenated alkanes) is 2. The largest absolute Gasteiger partial charge is 0.251 e. The molecular weight excluding hydrogens is 151 g/mol. The van der Waals surface area contributed by atoms with Gasteiger partial charge < -0.3 is 0 Å². The Kier molecular flexibility index (Phi) is 8.97. The summed E-state index contributed by atoms with van der Waals surface area (Å²) in [5, 5.41) is 0. The van der Waals surface area contributed by atoms with E-state index in [0.717, 1.165) is 6.42 Å². The molecule has 0 aliphatic carbocycles. The topological polar surface area (TPSA) is 0 Å². The molecule has 0 amide bonds. The van der Waals surface area contributed by atoms with Crippen molar-refractivity contribution in [3.05, 3.63) is 0 Å². The standard InChI is InChI=1S/C11H23F/c1-3-5-6-8-11(7-4-2)9-10-12/h11H,3-10H2,1-2H3. The average Bonchev–Trinajstić information content (AvgIpc) is 2.06. The minimum Gasteiger partial charge on any atom is -0.251 e. The van der Waals surface area contributed by atoms with Crippen LogP contribution in [0.3, 0.4) is 0 Å². The summed E-state index contributed by atoms with van der Waals surface area (Å²) in [4.78, 5) is 0. The molecule has 1 heteroatoms. The van der Waals surface area contributed by atoms with E-state index in [-0.39, 0.29) is 6.67 Å². The monoisotopic (exact) mass is 174 g/mol. The highest BCUT2D eigenvalue weighted by molar-refractivity contribution is 4.58. The Morgan fingerprint density at radius 1 is 0.917 bits per heavy atom. The highest BCUT2D eigenvalue weighted by Crippen LogP contribution is 2.19. The van der Waals surface area contributed by atoms with Gasteiger partial charge in [0.2, 0.25) is 0 Å². The Morgan fingerprint density at radius 2 is 1.67 bits per heavy atom. The fourth-order valence-corrected chi connectivity index (χ4v) is 1.68. The Labute approximate surface area is 76.6 Å². The molecule has 0 aromatic rings. The van der Waals surface area contributed by atoms with Crippen molar-refractivity contribution in [2.24, 2.45) is 5.92 Å². The van der Waals surface area contributed by atoms with Crippen molar-refractivity contribution in [1.29, 1.82) is 0 Å². The third-order valence-corrected chi connectivity index (χ3v) is 2.43. The van der Waals surface area contributed by atoms with Gasteiger partial charge in [-0.05, 0) is 12.3 Å². The van der Waals surface area contributed by atoms with Gasteiger partial charge in [0, 0.05) is 0 Å². The zero-order chi connectivity index (χ0) is 9.23. The highest BCUT2D eigenvalue weighted by Gasteiger charge is 2.06. The quantitative estimate of drug-likeness (QED) is 0.480. The molecule has 0 N–H and O–H groups in total. The number of hydrogen-bond acceptors (Lipinski definition) is 0. The molecule has 0 aromatic carbocycles. The van der Waals surface area contributed by atoms with Crippen molar-refractivity contribution in [2.45, 2.75) is 58.8 Å². The molecule has 0 saturated heterocycles. The van der Waals surface area contributed by atoms with Crippen molar-refractivity contribution in [2.75, 3.05) is 6.67 Å². The Hall–Kier alpha value is -0.0700. The fourth-order valence-electron chi connectivity index (χ4n) is 1.68. The van der Waals surface area contributed by atoms with Gasteiger partial charge in [-0.2, -0.15) is 0 Å². The van der Waals surface area contributed by atoms with E-state index in [4.69, 9.17) is 0 Å². The smallest absolute Gasteiger partial charge is 0.0897 e. The first-order valence-electron chi connectivity index (χ1n) is 5.41. The van der Waals surface area contributed by atoms with Gasteiger partial charge in [0.25, 0.3) is 0 Å². The van der Waals surface area contributed by atoms with Crippen LogP contribution in [0.1, 0.15) is 58.8 Å². The number of halogens is 1. The summed E-state index contributed by atoms with van der Waals surface area (Å²) in [6.45, 7) is 4.27. The second-order valence-corrected chi connectivity index (χ2v) is 3.63. The van der Waals surface area contributed by atoms with Crippen LogP contribution in [0.5, 0.6) is 0 Å². The zero-order valence-electron chi connectivity index (χ0n) is 8.61. The van der Waals surface area contributed by atoms with Crippen LogP contribution in [0.15, 0.2) is 0 Å². The molecule has 0 aromatic heterocycles. The van der Waals surface area contributed by atoms with E-state index in [9.17, 15) is 4.39 Å². The van der Waals surface area contributed by atoms with Crippen molar-refractivity contribution in [3.8, 4) is 0 Å². The van der Waals surface area contributed by atoms with Crippen LogP contribution < -0.4 is 0 Å². The van der Waals surface area contributed by atoms with Crippen LogP contribution in [0.4, 0.5) is 4.39 Å². The first-order chi connectivity index (χ1) is 5.85. The summed E-state index contributed by atoms with van der Waals surface area (Å²) in [5.41, 5.74) is 0. The summed E-state index contributed by atoms with van der Waals surface area (Å²) in [5.74, 6) is 0.659. The Morgan fingerprint density at radius 3 is 2.17 bits per heavy atom. The second-order valence-electron chi connectivity index (χ2n) is 3.63. The lowest BCUT2D eigenvalue weighted by Gasteiger charge is -2.13.